The van der Waals surface area contributed by atoms with Gasteiger partial charge in [-0.05, 0) is 30.5 Å². The molecule has 1 saturated heterocycles. The van der Waals surface area contributed by atoms with Crippen molar-refractivity contribution in [3.63, 3.8) is 0 Å². The molecule has 1 aliphatic heterocycles. The van der Waals surface area contributed by atoms with Crippen LogP contribution in [0.15, 0.2) is 48.8 Å². The van der Waals surface area contributed by atoms with Gasteiger partial charge in [0.1, 0.15) is 0 Å². The fraction of sp³-hybridized carbons (Fsp3) is 0.286. The van der Waals surface area contributed by atoms with Gasteiger partial charge in [-0.3, -0.25) is 0 Å². The Bertz CT molecular complexity index is 467. The monoisotopic (exact) mass is 278 g/mol. The predicted octanol–water partition coefficient (Wildman–Crippen LogP) is 3.50. The number of piperidine rings is 1. The Morgan fingerprint density at radius 2 is 2.00 bits per heavy atom. The minimum absolute atomic E-state index is 0.0820. The summed E-state index contributed by atoms with van der Waals surface area (Å²) in [5.41, 5.74) is 9.74. The lowest BCUT2D eigenvalue weighted by atomic mass is 9.73. The van der Waals surface area contributed by atoms with Crippen LogP contribution in [-0.2, 0) is 5.41 Å². The molecular weight excluding hydrogens is 260 g/mol. The van der Waals surface area contributed by atoms with Crippen LogP contribution in [0.25, 0.3) is 0 Å². The molecule has 2 nitrogen and oxygen atoms in total. The smallest absolute Gasteiger partial charge is 0.0449 e. The number of nitrogens with one attached hydrogen (secondary N) is 1. The van der Waals surface area contributed by atoms with Crippen molar-refractivity contribution in [3.8, 4) is 0 Å². The lowest BCUT2D eigenvalue weighted by Crippen LogP contribution is -2.41. The number of thiol groups is 1. The Balaban J connectivity index is 2.40. The maximum absolute atomic E-state index is 5.76. The van der Waals surface area contributed by atoms with Gasteiger partial charge in [0.15, 0.2) is 0 Å². The molecular formula is C14H18N2S2. The molecule has 0 amide bonds. The van der Waals surface area contributed by atoms with Crippen molar-refractivity contribution in [2.45, 2.75) is 18.3 Å². The average Bonchev–Trinajstić information content (AvgIpc) is 2.34. The first-order chi connectivity index (χ1) is 8.58. The van der Waals surface area contributed by atoms with Gasteiger partial charge in [-0.25, -0.2) is 0 Å². The highest BCUT2D eigenvalue weighted by molar-refractivity contribution is 8.68. The van der Waals surface area contributed by atoms with Crippen molar-refractivity contribution in [1.29, 1.82) is 0 Å². The summed E-state index contributed by atoms with van der Waals surface area (Å²) in [7, 11) is 1.54. The van der Waals surface area contributed by atoms with Crippen LogP contribution in [0, 0.1) is 0 Å². The second-order valence-electron chi connectivity index (χ2n) is 4.68. The first-order valence-electron chi connectivity index (χ1n) is 5.85. The van der Waals surface area contributed by atoms with E-state index in [1.165, 1.54) is 5.56 Å². The average molecular weight is 278 g/mol. The summed E-state index contributed by atoms with van der Waals surface area (Å²) in [6.07, 6.45) is 1.97. The maximum Gasteiger partial charge on any atom is 0.0449 e. The SMILES string of the molecule is C=C1CCC(CSS)(c2ccc(N)cc2)C(=C)N1. The second kappa shape index (κ2) is 5.33. The van der Waals surface area contributed by atoms with Gasteiger partial charge in [-0.2, -0.15) is 0 Å². The lowest BCUT2D eigenvalue weighted by Gasteiger charge is -2.40. The standard InChI is InChI=1S/C14H18N2S2/c1-10-7-8-14(9-18-17,11(2)16-10)12-3-5-13(15)6-4-12/h3-6,16-17H,1-2,7-9,15H2. The summed E-state index contributed by atoms with van der Waals surface area (Å²) in [4.78, 5) is 0. The Labute approximate surface area is 118 Å². The molecule has 1 unspecified atom stereocenters. The van der Waals surface area contributed by atoms with Gasteiger partial charge in [-0.15, -0.1) is 11.7 Å². The normalized spacial score (nSPS) is 23.8. The quantitative estimate of drug-likeness (QED) is 0.450. The molecule has 1 aromatic carbocycles. The van der Waals surface area contributed by atoms with E-state index >= 15 is 0 Å². The van der Waals surface area contributed by atoms with E-state index in [2.05, 4.69) is 42.3 Å². The number of anilines is 1. The molecule has 0 radical (unpaired) electrons. The van der Waals surface area contributed by atoms with E-state index in [0.29, 0.717) is 0 Å². The van der Waals surface area contributed by atoms with Gasteiger partial charge in [0, 0.05) is 28.2 Å². The van der Waals surface area contributed by atoms with Gasteiger partial charge in [0.2, 0.25) is 0 Å². The topological polar surface area (TPSA) is 38.0 Å². The van der Waals surface area contributed by atoms with E-state index in [9.17, 15) is 0 Å². The van der Waals surface area contributed by atoms with Gasteiger partial charge >= 0.3 is 0 Å². The van der Waals surface area contributed by atoms with E-state index in [1.54, 1.807) is 10.8 Å². The summed E-state index contributed by atoms with van der Waals surface area (Å²) >= 11 is 4.32. The number of benzene rings is 1. The molecule has 0 aliphatic carbocycles. The molecule has 1 aromatic rings. The van der Waals surface area contributed by atoms with E-state index < -0.39 is 0 Å². The fourth-order valence-corrected chi connectivity index (χ4v) is 3.75. The molecule has 0 spiro atoms. The van der Waals surface area contributed by atoms with Crippen molar-refractivity contribution < 1.29 is 0 Å². The number of allylic oxidation sites excluding steroid dienone is 2. The van der Waals surface area contributed by atoms with Crippen LogP contribution in [-0.4, -0.2) is 5.75 Å². The summed E-state index contributed by atoms with van der Waals surface area (Å²) in [6.45, 7) is 8.17. The molecule has 1 heterocycles. The Hall–Kier alpha value is -1.00. The van der Waals surface area contributed by atoms with Crippen molar-refractivity contribution in [1.82, 2.24) is 5.32 Å². The molecule has 1 fully saturated rings. The molecule has 0 bridgehead atoms. The van der Waals surface area contributed by atoms with Crippen molar-refractivity contribution in [2.75, 3.05) is 11.5 Å². The highest BCUT2D eigenvalue weighted by Crippen LogP contribution is 2.42. The van der Waals surface area contributed by atoms with Crippen molar-refractivity contribution in [2.24, 2.45) is 0 Å². The summed E-state index contributed by atoms with van der Waals surface area (Å²) in [5.74, 6) is 0.888. The molecule has 18 heavy (non-hydrogen) atoms. The number of hydrogen-bond acceptors (Lipinski definition) is 4. The van der Waals surface area contributed by atoms with Crippen LogP contribution in [0.3, 0.4) is 0 Å². The van der Waals surface area contributed by atoms with E-state index in [1.807, 2.05) is 12.1 Å². The molecule has 4 heteroatoms. The zero-order valence-electron chi connectivity index (χ0n) is 10.3. The molecule has 3 N–H and O–H groups in total. The highest BCUT2D eigenvalue weighted by atomic mass is 33.1. The first-order valence-corrected chi connectivity index (χ1v) is 7.89. The van der Waals surface area contributed by atoms with Crippen LogP contribution < -0.4 is 11.1 Å². The zero-order chi connectivity index (χ0) is 13.2. The lowest BCUT2D eigenvalue weighted by molar-refractivity contribution is 0.450. The van der Waals surface area contributed by atoms with Gasteiger partial charge in [0.25, 0.3) is 0 Å². The molecule has 96 valence electrons. The van der Waals surface area contributed by atoms with E-state index in [-0.39, 0.29) is 5.41 Å². The van der Waals surface area contributed by atoms with Crippen LogP contribution in [0.1, 0.15) is 18.4 Å². The van der Waals surface area contributed by atoms with Crippen LogP contribution in [0.2, 0.25) is 0 Å². The third-order valence-corrected chi connectivity index (χ3v) is 4.54. The third-order valence-electron chi connectivity index (χ3n) is 3.53. The minimum atomic E-state index is -0.0820. The summed E-state index contributed by atoms with van der Waals surface area (Å²) in [6, 6.07) is 8.05. The third kappa shape index (κ3) is 2.40. The largest absolute Gasteiger partial charge is 0.399 e. The first kappa shape index (κ1) is 13.4. The van der Waals surface area contributed by atoms with Crippen molar-refractivity contribution >= 4 is 28.1 Å². The maximum atomic E-state index is 5.76. The Morgan fingerprint density at radius 1 is 1.33 bits per heavy atom. The van der Waals surface area contributed by atoms with Crippen LogP contribution in [0.5, 0.6) is 0 Å². The number of nitrogens with two attached hydrogens (primary N) is 1. The minimum Gasteiger partial charge on any atom is -0.399 e. The Morgan fingerprint density at radius 3 is 2.56 bits per heavy atom. The molecule has 0 aromatic heterocycles. The predicted molar refractivity (Wildman–Crippen MR) is 84.6 cm³/mol. The number of rotatable bonds is 3. The van der Waals surface area contributed by atoms with Crippen LogP contribution in [0.4, 0.5) is 5.69 Å². The molecule has 1 aliphatic rings. The summed E-state index contributed by atoms with van der Waals surface area (Å²) in [5, 5.41) is 3.30. The van der Waals surface area contributed by atoms with Crippen molar-refractivity contribution in [3.05, 3.63) is 54.4 Å². The van der Waals surface area contributed by atoms with Gasteiger partial charge < -0.3 is 11.1 Å². The highest BCUT2D eigenvalue weighted by Gasteiger charge is 2.38. The summed E-state index contributed by atoms with van der Waals surface area (Å²) < 4.78 is 0. The molecule has 0 saturated carbocycles. The Kier molecular flexibility index (Phi) is 3.97. The second-order valence-corrected chi connectivity index (χ2v) is 6.01. The number of nitrogen functional groups attached to an aromatic ring is 1. The van der Waals surface area contributed by atoms with Gasteiger partial charge in [-0.1, -0.05) is 36.1 Å². The molecule has 2 rings (SSSR count). The fourth-order valence-electron chi connectivity index (χ4n) is 2.38. The molecule has 1 atom stereocenters. The number of hydrogen-bond donors (Lipinski definition) is 3. The van der Waals surface area contributed by atoms with Crippen LogP contribution >= 0.6 is 22.5 Å². The zero-order valence-corrected chi connectivity index (χ0v) is 12.0. The van der Waals surface area contributed by atoms with E-state index in [4.69, 9.17) is 5.73 Å². The van der Waals surface area contributed by atoms with Gasteiger partial charge in [0.05, 0.1) is 0 Å². The van der Waals surface area contributed by atoms with E-state index in [0.717, 1.165) is 35.7 Å².